The van der Waals surface area contributed by atoms with Gasteiger partial charge in [-0.25, -0.2) is 4.98 Å². The zero-order valence-electron chi connectivity index (χ0n) is 14.4. The number of carbonyl (C=O) groups is 2. The van der Waals surface area contributed by atoms with E-state index in [1.54, 1.807) is 20.3 Å². The minimum Gasteiger partial charge on any atom is -0.345 e. The first-order chi connectivity index (χ1) is 10.4. The molecule has 0 saturated heterocycles. The molecular formula is C17H27N3O2. The molecule has 122 valence electrons. The van der Waals surface area contributed by atoms with E-state index < -0.39 is 0 Å². The number of carbonyl (C=O) groups excluding carboxylic acids is 2. The second kappa shape index (κ2) is 7.92. The van der Waals surface area contributed by atoms with Crippen LogP contribution in [0.15, 0.2) is 12.3 Å². The maximum atomic E-state index is 12.1. The van der Waals surface area contributed by atoms with Crippen LogP contribution in [0.3, 0.4) is 0 Å². The summed E-state index contributed by atoms with van der Waals surface area (Å²) in [5, 5.41) is 2.82. The number of amides is 2. The number of rotatable bonds is 4. The molecule has 5 heteroatoms. The Morgan fingerprint density at radius 3 is 2.32 bits per heavy atom. The highest BCUT2D eigenvalue weighted by Gasteiger charge is 2.30. The van der Waals surface area contributed by atoms with Crippen LogP contribution in [0, 0.1) is 5.92 Å². The lowest BCUT2D eigenvalue weighted by Gasteiger charge is -2.17. The van der Waals surface area contributed by atoms with Crippen molar-refractivity contribution in [3.8, 4) is 0 Å². The average molecular weight is 305 g/mol. The molecule has 0 aliphatic heterocycles. The van der Waals surface area contributed by atoms with Gasteiger partial charge in [0.1, 0.15) is 5.82 Å². The van der Waals surface area contributed by atoms with Crippen LogP contribution in [-0.4, -0.2) is 35.8 Å². The van der Waals surface area contributed by atoms with Crippen LogP contribution in [-0.2, 0) is 4.79 Å². The van der Waals surface area contributed by atoms with Gasteiger partial charge in [-0.3, -0.25) is 9.59 Å². The molecule has 1 N–H and O–H groups in total. The molecule has 0 bridgehead atoms. The van der Waals surface area contributed by atoms with Gasteiger partial charge < -0.3 is 10.2 Å². The van der Waals surface area contributed by atoms with E-state index in [0.29, 0.717) is 11.4 Å². The Labute approximate surface area is 133 Å². The van der Waals surface area contributed by atoms with Gasteiger partial charge in [-0.05, 0) is 30.4 Å². The highest BCUT2D eigenvalue weighted by Crippen LogP contribution is 2.30. The van der Waals surface area contributed by atoms with E-state index in [-0.39, 0.29) is 23.7 Å². The standard InChI is InChI=1S/C15H21N3O2.C2H6/c1-9(2)11-7-13(17-14(19)10-5-6-10)16-8-12(11)15(20)18(3)4;1-2/h7-10H,5-6H2,1-4H3,(H,16,17,19);1-2H3. The molecule has 0 unspecified atom stereocenters. The topological polar surface area (TPSA) is 62.3 Å². The third kappa shape index (κ3) is 4.55. The smallest absolute Gasteiger partial charge is 0.255 e. The van der Waals surface area contributed by atoms with Gasteiger partial charge in [-0.1, -0.05) is 27.7 Å². The molecule has 1 fully saturated rings. The summed E-state index contributed by atoms with van der Waals surface area (Å²) in [6.07, 6.45) is 3.47. The van der Waals surface area contributed by atoms with Gasteiger partial charge in [0.15, 0.2) is 0 Å². The molecule has 1 heterocycles. The summed E-state index contributed by atoms with van der Waals surface area (Å²) in [7, 11) is 3.43. The highest BCUT2D eigenvalue weighted by atomic mass is 16.2. The second-order valence-corrected chi connectivity index (χ2v) is 5.77. The van der Waals surface area contributed by atoms with E-state index in [4.69, 9.17) is 0 Å². The molecule has 1 aliphatic carbocycles. The molecule has 2 amide bonds. The van der Waals surface area contributed by atoms with Crippen LogP contribution in [0.1, 0.15) is 62.4 Å². The third-order valence-corrected chi connectivity index (χ3v) is 3.39. The number of nitrogens with zero attached hydrogens (tertiary/aromatic N) is 2. The minimum absolute atomic E-state index is 0.0268. The van der Waals surface area contributed by atoms with Crippen molar-refractivity contribution < 1.29 is 9.59 Å². The molecule has 1 aromatic rings. The molecule has 0 spiro atoms. The molecule has 1 saturated carbocycles. The van der Waals surface area contributed by atoms with Crippen LogP contribution in [0.5, 0.6) is 0 Å². The fourth-order valence-electron chi connectivity index (χ4n) is 2.01. The van der Waals surface area contributed by atoms with E-state index in [1.165, 1.54) is 4.90 Å². The summed E-state index contributed by atoms with van der Waals surface area (Å²) in [5.41, 5.74) is 1.50. The fourth-order valence-corrected chi connectivity index (χ4v) is 2.01. The van der Waals surface area contributed by atoms with Gasteiger partial charge in [0.25, 0.3) is 5.91 Å². The normalized spacial score (nSPS) is 13.2. The minimum atomic E-state index is -0.0683. The number of nitrogens with one attached hydrogen (secondary N) is 1. The van der Waals surface area contributed by atoms with E-state index in [0.717, 1.165) is 18.4 Å². The lowest BCUT2D eigenvalue weighted by Crippen LogP contribution is -2.24. The van der Waals surface area contributed by atoms with Gasteiger partial charge in [-0.2, -0.15) is 0 Å². The van der Waals surface area contributed by atoms with Crippen LogP contribution in [0.25, 0.3) is 0 Å². The first kappa shape index (κ1) is 18.1. The summed E-state index contributed by atoms with van der Waals surface area (Å²) in [5.74, 6) is 0.817. The molecule has 0 radical (unpaired) electrons. The van der Waals surface area contributed by atoms with Gasteiger partial charge >= 0.3 is 0 Å². The number of pyridine rings is 1. The van der Waals surface area contributed by atoms with E-state index in [9.17, 15) is 9.59 Å². The number of aromatic nitrogens is 1. The molecule has 0 aromatic carbocycles. The predicted molar refractivity (Wildman–Crippen MR) is 89.0 cm³/mol. The third-order valence-electron chi connectivity index (χ3n) is 3.39. The van der Waals surface area contributed by atoms with Gasteiger partial charge in [0.05, 0.1) is 5.56 Å². The Bertz CT molecular complexity index is 535. The van der Waals surface area contributed by atoms with Crippen molar-refractivity contribution in [3.63, 3.8) is 0 Å². The second-order valence-electron chi connectivity index (χ2n) is 5.77. The van der Waals surface area contributed by atoms with E-state index in [2.05, 4.69) is 10.3 Å². The monoisotopic (exact) mass is 305 g/mol. The van der Waals surface area contributed by atoms with Crippen molar-refractivity contribution in [3.05, 3.63) is 23.4 Å². The summed E-state index contributed by atoms with van der Waals surface area (Å²) < 4.78 is 0. The maximum absolute atomic E-state index is 12.1. The largest absolute Gasteiger partial charge is 0.345 e. The Balaban J connectivity index is 0.00000116. The summed E-state index contributed by atoms with van der Waals surface area (Å²) in [4.78, 5) is 29.6. The summed E-state index contributed by atoms with van der Waals surface area (Å²) in [6, 6.07) is 1.81. The molecule has 0 atom stereocenters. The van der Waals surface area contributed by atoms with Crippen molar-refractivity contribution in [1.29, 1.82) is 0 Å². The number of anilines is 1. The predicted octanol–water partition coefficient (Wildman–Crippen LogP) is 3.28. The molecule has 1 aliphatic rings. The quantitative estimate of drug-likeness (QED) is 0.928. The first-order valence-corrected chi connectivity index (χ1v) is 7.92. The average Bonchev–Trinajstić information content (AvgIpc) is 3.33. The van der Waals surface area contributed by atoms with Gasteiger partial charge in [0.2, 0.25) is 5.91 Å². The molecule has 22 heavy (non-hydrogen) atoms. The SMILES string of the molecule is CC.CC(C)c1cc(NC(=O)C2CC2)ncc1C(=O)N(C)C. The maximum Gasteiger partial charge on any atom is 0.255 e. The van der Waals surface area contributed by atoms with E-state index in [1.807, 2.05) is 33.8 Å². The number of hydrogen-bond acceptors (Lipinski definition) is 3. The van der Waals surface area contributed by atoms with Crippen molar-refractivity contribution in [2.45, 2.75) is 46.5 Å². The zero-order valence-corrected chi connectivity index (χ0v) is 14.4. The van der Waals surface area contributed by atoms with Crippen LogP contribution in [0.2, 0.25) is 0 Å². The van der Waals surface area contributed by atoms with Crippen molar-refractivity contribution in [1.82, 2.24) is 9.88 Å². The Hall–Kier alpha value is -1.91. The molecule has 5 nitrogen and oxygen atoms in total. The Kier molecular flexibility index (Phi) is 6.53. The lowest BCUT2D eigenvalue weighted by atomic mass is 9.98. The van der Waals surface area contributed by atoms with Gasteiger partial charge in [0, 0.05) is 26.2 Å². The van der Waals surface area contributed by atoms with Crippen molar-refractivity contribution in [2.24, 2.45) is 5.92 Å². The molecular weight excluding hydrogens is 278 g/mol. The fraction of sp³-hybridized carbons (Fsp3) is 0.588. The Morgan fingerprint density at radius 1 is 1.27 bits per heavy atom. The molecule has 2 rings (SSSR count). The van der Waals surface area contributed by atoms with Crippen LogP contribution in [0.4, 0.5) is 5.82 Å². The lowest BCUT2D eigenvalue weighted by molar-refractivity contribution is -0.117. The summed E-state index contributed by atoms with van der Waals surface area (Å²) >= 11 is 0. The first-order valence-electron chi connectivity index (χ1n) is 7.92. The number of hydrogen-bond donors (Lipinski definition) is 1. The van der Waals surface area contributed by atoms with Crippen LogP contribution < -0.4 is 5.32 Å². The Morgan fingerprint density at radius 2 is 1.86 bits per heavy atom. The zero-order chi connectivity index (χ0) is 16.9. The molecule has 1 aromatic heterocycles. The van der Waals surface area contributed by atoms with Crippen LogP contribution >= 0.6 is 0 Å². The highest BCUT2D eigenvalue weighted by molar-refractivity contribution is 5.97. The van der Waals surface area contributed by atoms with Crippen molar-refractivity contribution >= 4 is 17.6 Å². The van der Waals surface area contributed by atoms with Crippen molar-refractivity contribution in [2.75, 3.05) is 19.4 Å². The summed E-state index contributed by atoms with van der Waals surface area (Å²) in [6.45, 7) is 8.04. The van der Waals surface area contributed by atoms with E-state index >= 15 is 0 Å². The van der Waals surface area contributed by atoms with Gasteiger partial charge in [-0.15, -0.1) is 0 Å².